The molecule has 1 atom stereocenters. The second-order valence-electron chi connectivity index (χ2n) is 3.77. The van der Waals surface area contributed by atoms with E-state index >= 15 is 0 Å². The minimum absolute atomic E-state index is 0.596. The van der Waals surface area contributed by atoms with Crippen molar-refractivity contribution in [1.82, 2.24) is 0 Å². The van der Waals surface area contributed by atoms with E-state index in [1.807, 2.05) is 41.8 Å². The summed E-state index contributed by atoms with van der Waals surface area (Å²) < 4.78 is 12.3. The van der Waals surface area contributed by atoms with E-state index in [1.54, 1.807) is 6.07 Å². The van der Waals surface area contributed by atoms with Gasteiger partial charge in [-0.05, 0) is 22.6 Å². The standard InChI is InChI=1S/C14H10FNOS/c15-7-13(17)12(8-16)14-6-11(9-18-14)10-4-2-1-3-5-10/h1-6,9,12H,7H2. The fourth-order valence-electron chi connectivity index (χ4n) is 1.66. The van der Waals surface area contributed by atoms with E-state index in [0.717, 1.165) is 11.1 Å². The Bertz CT molecular complexity index is 585. The van der Waals surface area contributed by atoms with Gasteiger partial charge < -0.3 is 0 Å². The highest BCUT2D eigenvalue weighted by Crippen LogP contribution is 2.30. The van der Waals surface area contributed by atoms with Gasteiger partial charge in [-0.15, -0.1) is 11.3 Å². The number of halogens is 1. The Morgan fingerprint density at radius 2 is 2.06 bits per heavy atom. The van der Waals surface area contributed by atoms with Crippen LogP contribution in [0.15, 0.2) is 41.8 Å². The number of hydrogen-bond acceptors (Lipinski definition) is 3. The Hall–Kier alpha value is -1.99. The molecule has 2 rings (SSSR count). The van der Waals surface area contributed by atoms with Gasteiger partial charge in [0.1, 0.15) is 12.6 Å². The SMILES string of the molecule is N#CC(C(=O)CF)c1cc(-c2ccccc2)cs1. The second-order valence-corrected chi connectivity index (χ2v) is 4.71. The molecule has 1 aromatic heterocycles. The van der Waals surface area contributed by atoms with Gasteiger partial charge >= 0.3 is 0 Å². The maximum Gasteiger partial charge on any atom is 0.186 e. The zero-order valence-corrected chi connectivity index (χ0v) is 10.3. The first-order valence-electron chi connectivity index (χ1n) is 5.38. The summed E-state index contributed by atoms with van der Waals surface area (Å²) in [7, 11) is 0. The molecule has 0 fully saturated rings. The van der Waals surface area contributed by atoms with E-state index in [-0.39, 0.29) is 0 Å². The first kappa shape index (κ1) is 12.5. The number of nitriles is 1. The average molecular weight is 259 g/mol. The molecule has 0 saturated heterocycles. The van der Waals surface area contributed by atoms with Gasteiger partial charge in [-0.3, -0.25) is 4.79 Å². The summed E-state index contributed by atoms with van der Waals surface area (Å²) in [4.78, 5) is 11.9. The molecule has 18 heavy (non-hydrogen) atoms. The third kappa shape index (κ3) is 2.47. The van der Waals surface area contributed by atoms with Crippen molar-refractivity contribution in [3.63, 3.8) is 0 Å². The molecular weight excluding hydrogens is 249 g/mol. The molecule has 0 bridgehead atoms. The number of carbonyl (C=O) groups is 1. The molecule has 0 radical (unpaired) electrons. The van der Waals surface area contributed by atoms with Gasteiger partial charge in [0.2, 0.25) is 0 Å². The van der Waals surface area contributed by atoms with E-state index in [0.29, 0.717) is 4.88 Å². The molecule has 1 heterocycles. The quantitative estimate of drug-likeness (QED) is 0.842. The lowest BCUT2D eigenvalue weighted by atomic mass is 10.0. The van der Waals surface area contributed by atoms with Crippen LogP contribution in [0.2, 0.25) is 0 Å². The molecule has 0 N–H and O–H groups in total. The Balaban J connectivity index is 2.31. The zero-order chi connectivity index (χ0) is 13.0. The van der Waals surface area contributed by atoms with Crippen LogP contribution in [0, 0.1) is 11.3 Å². The lowest BCUT2D eigenvalue weighted by Crippen LogP contribution is -2.10. The Morgan fingerprint density at radius 3 is 2.67 bits per heavy atom. The number of thiophene rings is 1. The van der Waals surface area contributed by atoms with Crippen LogP contribution in [0.4, 0.5) is 4.39 Å². The molecule has 4 heteroatoms. The van der Waals surface area contributed by atoms with Crippen LogP contribution in [0.1, 0.15) is 10.8 Å². The normalized spacial score (nSPS) is 11.8. The summed E-state index contributed by atoms with van der Waals surface area (Å²) in [5, 5.41) is 10.8. The van der Waals surface area contributed by atoms with Crippen LogP contribution in [0.3, 0.4) is 0 Å². The van der Waals surface area contributed by atoms with Crippen LogP contribution in [0.25, 0.3) is 11.1 Å². The number of Topliss-reactive ketones (excluding diaryl/α,β-unsaturated/α-hetero) is 1. The van der Waals surface area contributed by atoms with Crippen molar-refractivity contribution in [2.45, 2.75) is 5.92 Å². The van der Waals surface area contributed by atoms with Gasteiger partial charge in [-0.1, -0.05) is 30.3 Å². The summed E-state index contributed by atoms with van der Waals surface area (Å²) >= 11 is 1.31. The minimum atomic E-state index is -1.10. The van der Waals surface area contributed by atoms with Crippen LogP contribution >= 0.6 is 11.3 Å². The summed E-state index contributed by atoms with van der Waals surface area (Å²) in [5.74, 6) is -1.67. The van der Waals surface area contributed by atoms with E-state index in [1.165, 1.54) is 11.3 Å². The Kier molecular flexibility index (Phi) is 3.85. The zero-order valence-electron chi connectivity index (χ0n) is 9.47. The Morgan fingerprint density at radius 1 is 1.33 bits per heavy atom. The lowest BCUT2D eigenvalue weighted by Gasteiger charge is -2.01. The van der Waals surface area contributed by atoms with Crippen LogP contribution in [-0.2, 0) is 4.79 Å². The molecule has 0 amide bonds. The van der Waals surface area contributed by atoms with Crippen LogP contribution < -0.4 is 0 Å². The van der Waals surface area contributed by atoms with E-state index < -0.39 is 18.4 Å². The third-order valence-electron chi connectivity index (χ3n) is 2.59. The highest BCUT2D eigenvalue weighted by molar-refractivity contribution is 7.10. The van der Waals surface area contributed by atoms with Crippen molar-refractivity contribution in [2.75, 3.05) is 6.67 Å². The number of carbonyl (C=O) groups excluding carboxylic acids is 1. The predicted molar refractivity (Wildman–Crippen MR) is 69.1 cm³/mol. The van der Waals surface area contributed by atoms with E-state index in [9.17, 15) is 9.18 Å². The molecule has 0 aliphatic heterocycles. The number of alkyl halides is 1. The predicted octanol–water partition coefficient (Wildman–Crippen LogP) is 3.56. The molecule has 0 spiro atoms. The number of ketones is 1. The molecule has 90 valence electrons. The van der Waals surface area contributed by atoms with Gasteiger partial charge in [-0.2, -0.15) is 5.26 Å². The van der Waals surface area contributed by atoms with Gasteiger partial charge in [0, 0.05) is 4.88 Å². The van der Waals surface area contributed by atoms with Gasteiger partial charge in [-0.25, -0.2) is 4.39 Å². The van der Waals surface area contributed by atoms with Crippen molar-refractivity contribution in [1.29, 1.82) is 5.26 Å². The second kappa shape index (κ2) is 5.56. The number of hydrogen-bond donors (Lipinski definition) is 0. The third-order valence-corrected chi connectivity index (χ3v) is 3.59. The maximum absolute atomic E-state index is 12.3. The minimum Gasteiger partial charge on any atom is -0.295 e. The number of nitrogens with zero attached hydrogens (tertiary/aromatic N) is 1. The van der Waals surface area contributed by atoms with Crippen molar-refractivity contribution < 1.29 is 9.18 Å². The van der Waals surface area contributed by atoms with Crippen LogP contribution in [-0.4, -0.2) is 12.5 Å². The molecule has 1 aromatic carbocycles. The maximum atomic E-state index is 12.3. The topological polar surface area (TPSA) is 40.9 Å². The number of rotatable bonds is 4. The summed E-state index contributed by atoms with van der Waals surface area (Å²) in [6.45, 7) is -1.10. The average Bonchev–Trinajstić information content (AvgIpc) is 2.90. The molecule has 0 aliphatic rings. The molecule has 2 aromatic rings. The fourth-order valence-corrected chi connectivity index (χ4v) is 2.64. The van der Waals surface area contributed by atoms with Crippen molar-refractivity contribution in [3.05, 3.63) is 46.7 Å². The van der Waals surface area contributed by atoms with E-state index in [4.69, 9.17) is 5.26 Å². The van der Waals surface area contributed by atoms with Crippen molar-refractivity contribution in [2.24, 2.45) is 0 Å². The van der Waals surface area contributed by atoms with Gasteiger partial charge in [0.25, 0.3) is 0 Å². The lowest BCUT2D eigenvalue weighted by molar-refractivity contribution is -0.120. The summed E-state index contributed by atoms with van der Waals surface area (Å²) in [5.41, 5.74) is 1.96. The highest BCUT2D eigenvalue weighted by atomic mass is 32.1. The Labute approximate surface area is 108 Å². The summed E-state index contributed by atoms with van der Waals surface area (Å²) in [6, 6.07) is 13.3. The van der Waals surface area contributed by atoms with Crippen molar-refractivity contribution in [3.8, 4) is 17.2 Å². The molecule has 2 nitrogen and oxygen atoms in total. The molecule has 1 unspecified atom stereocenters. The van der Waals surface area contributed by atoms with E-state index in [2.05, 4.69) is 0 Å². The largest absolute Gasteiger partial charge is 0.295 e. The molecule has 0 aliphatic carbocycles. The molecule has 0 saturated carbocycles. The monoisotopic (exact) mass is 259 g/mol. The first-order valence-corrected chi connectivity index (χ1v) is 6.26. The summed E-state index contributed by atoms with van der Waals surface area (Å²) in [6.07, 6.45) is 0. The van der Waals surface area contributed by atoms with Crippen LogP contribution in [0.5, 0.6) is 0 Å². The number of benzene rings is 1. The smallest absolute Gasteiger partial charge is 0.186 e. The fraction of sp³-hybridized carbons (Fsp3) is 0.143. The van der Waals surface area contributed by atoms with Crippen molar-refractivity contribution >= 4 is 17.1 Å². The van der Waals surface area contributed by atoms with Gasteiger partial charge in [0.05, 0.1) is 6.07 Å². The first-order chi connectivity index (χ1) is 8.76. The van der Waals surface area contributed by atoms with Gasteiger partial charge in [0.15, 0.2) is 5.78 Å². The molecular formula is C14H10FNOS. The highest BCUT2D eigenvalue weighted by Gasteiger charge is 2.21.